The maximum Gasteiger partial charge on any atom is 0.247 e. The van der Waals surface area contributed by atoms with Crippen LogP contribution in [0.4, 0.5) is 22.7 Å². The van der Waals surface area contributed by atoms with Crippen LogP contribution in [0.25, 0.3) is 32.6 Å². The Morgan fingerprint density at radius 3 is 1.32 bits per heavy atom. The summed E-state index contributed by atoms with van der Waals surface area (Å²) in [7, 11) is -4.14. The van der Waals surface area contributed by atoms with Gasteiger partial charge in [-0.25, -0.2) is 9.69 Å². The number of nitrogen functional groups attached to an aromatic ring is 1. The van der Waals surface area contributed by atoms with Crippen LogP contribution in [-0.2, 0) is 31.3 Å². The normalized spacial score (nSPS) is 13.4. The van der Waals surface area contributed by atoms with E-state index in [4.69, 9.17) is 59.8 Å². The third-order valence-corrected chi connectivity index (χ3v) is 24.0. The Hall–Kier alpha value is -5.70. The van der Waals surface area contributed by atoms with Crippen LogP contribution in [0.5, 0.6) is 0 Å². The zero-order valence-electron chi connectivity index (χ0n) is 46.0. The smallest absolute Gasteiger partial charge is 0.247 e. The van der Waals surface area contributed by atoms with E-state index in [-0.39, 0.29) is 45.3 Å². The van der Waals surface area contributed by atoms with Gasteiger partial charge in [0.25, 0.3) is 0 Å². The van der Waals surface area contributed by atoms with Gasteiger partial charge in [0.2, 0.25) is 46.1 Å². The Balaban J connectivity index is 0.000000304. The van der Waals surface area contributed by atoms with Crippen molar-refractivity contribution in [1.29, 1.82) is 0 Å². The predicted molar refractivity (Wildman–Crippen MR) is 308 cm³/mol. The highest BCUT2D eigenvalue weighted by Crippen LogP contribution is 2.43. The predicted octanol–water partition coefficient (Wildman–Crippen LogP) is 16.3. The number of carbonyl (C=O) groups excluding carboxylic acids is 2. The van der Waals surface area contributed by atoms with E-state index >= 15 is 0 Å². The molecule has 14 nitrogen and oxygen atoms in total. The van der Waals surface area contributed by atoms with Gasteiger partial charge in [0.1, 0.15) is 0 Å². The van der Waals surface area contributed by atoms with Crippen molar-refractivity contribution in [2.75, 3.05) is 11.1 Å². The quantitative estimate of drug-likeness (QED) is 0.0433. The first-order valence-corrected chi connectivity index (χ1v) is 31.5. The lowest BCUT2D eigenvalue weighted by Crippen LogP contribution is -2.44. The number of hydrogen-bond donors (Lipinski definition) is 2. The summed E-state index contributed by atoms with van der Waals surface area (Å²) >= 11 is 17.6. The number of nitrogens with zero attached hydrogens (tertiary/aromatic N) is 6. The van der Waals surface area contributed by atoms with E-state index in [1.807, 2.05) is 62.4 Å². The Morgan fingerprint density at radius 2 is 1.00 bits per heavy atom. The van der Waals surface area contributed by atoms with Gasteiger partial charge in [0, 0.05) is 36.3 Å². The summed E-state index contributed by atoms with van der Waals surface area (Å²) in [5, 5.41) is 20.9. The molecule has 4 aromatic carbocycles. The molecule has 0 saturated carbocycles. The lowest BCUT2D eigenvalue weighted by molar-refractivity contribution is -0.114. The summed E-state index contributed by atoms with van der Waals surface area (Å²) < 4.78 is 25.9. The van der Waals surface area contributed by atoms with Gasteiger partial charge >= 0.3 is 0 Å². The van der Waals surface area contributed by atoms with Crippen molar-refractivity contribution in [3.63, 3.8) is 0 Å². The second-order valence-corrected chi connectivity index (χ2v) is 32.4. The summed E-state index contributed by atoms with van der Waals surface area (Å²) in [4.78, 5) is 27.6. The first-order chi connectivity index (χ1) is 34.8. The van der Waals surface area contributed by atoms with Crippen LogP contribution in [0.15, 0.2) is 81.6 Å². The molecule has 0 radical (unpaired) electrons. The number of rotatable bonds is 15. The summed E-state index contributed by atoms with van der Waals surface area (Å²) in [6.07, 6.45) is 0.806. The van der Waals surface area contributed by atoms with Crippen molar-refractivity contribution in [3.8, 4) is 22.9 Å². The number of benzene rings is 4. The molecular formula is C56H71Cl3N8O6Si2. The van der Waals surface area contributed by atoms with Crippen molar-refractivity contribution >= 4 is 85.3 Å². The first kappa shape index (κ1) is 61.8. The van der Waals surface area contributed by atoms with Gasteiger partial charge in [-0.1, -0.05) is 89.0 Å². The summed E-state index contributed by atoms with van der Waals surface area (Å²) in [5.74, 6) is 1.30. The summed E-state index contributed by atoms with van der Waals surface area (Å²) in [6.45, 7) is 47.7. The van der Waals surface area contributed by atoms with Crippen LogP contribution in [0.3, 0.4) is 0 Å². The molecule has 2 heterocycles. The molecule has 0 bridgehead atoms. The van der Waals surface area contributed by atoms with Crippen molar-refractivity contribution in [1.82, 2.24) is 20.4 Å². The molecule has 0 fully saturated rings. The number of carbonyl (C=O) groups is 2. The zero-order chi connectivity index (χ0) is 56.4. The van der Waals surface area contributed by atoms with Crippen LogP contribution in [0, 0.1) is 27.0 Å². The fourth-order valence-corrected chi connectivity index (χ4v) is 10.7. The van der Waals surface area contributed by atoms with Gasteiger partial charge in [0.15, 0.2) is 16.6 Å². The number of anilines is 2. The molecule has 1 amide bonds. The largest absolute Gasteiger partial charge is 0.420 e. The molecule has 75 heavy (non-hydrogen) atoms. The lowest BCUT2D eigenvalue weighted by Gasteiger charge is -2.40. The van der Waals surface area contributed by atoms with Crippen LogP contribution in [0.2, 0.25) is 46.3 Å². The fourth-order valence-electron chi connectivity index (χ4n) is 7.39. The third kappa shape index (κ3) is 16.6. The van der Waals surface area contributed by atoms with Crippen molar-refractivity contribution < 1.29 is 27.3 Å². The summed E-state index contributed by atoms with van der Waals surface area (Å²) in [5.41, 5.74) is 13.4. The maximum atomic E-state index is 11.3. The number of amides is 1. The molecule has 0 aliphatic carbocycles. The molecule has 4 atom stereocenters. The number of nitrogens with one attached hydrogen (secondary N) is 1. The van der Waals surface area contributed by atoms with Crippen LogP contribution in [0.1, 0.15) is 115 Å². The average molecular weight is 1110 g/mol. The lowest BCUT2D eigenvalue weighted by atomic mass is 9.92. The molecule has 0 unspecified atom stereocenters. The van der Waals surface area contributed by atoms with Gasteiger partial charge in [-0.15, -0.1) is 20.4 Å². The van der Waals surface area contributed by atoms with Crippen LogP contribution < -0.4 is 11.1 Å². The highest BCUT2D eigenvalue weighted by Gasteiger charge is 2.42. The van der Waals surface area contributed by atoms with Gasteiger partial charge in [0.05, 0.1) is 47.2 Å². The van der Waals surface area contributed by atoms with E-state index in [1.165, 1.54) is 13.8 Å². The van der Waals surface area contributed by atoms with Crippen molar-refractivity contribution in [2.24, 2.45) is 0 Å². The Bertz CT molecular complexity index is 3000. The molecule has 400 valence electrons. The molecule has 0 saturated heterocycles. The van der Waals surface area contributed by atoms with Gasteiger partial charge in [-0.2, -0.15) is 0 Å². The highest BCUT2D eigenvalue weighted by atomic mass is 35.5. The van der Waals surface area contributed by atoms with Gasteiger partial charge < -0.3 is 28.7 Å². The SMILES string of the molecule is CC(=O)Cl.[C-]#[N+]c1ccc(C[C@@H](c2nnc(-c3ccc(N)cc3)o2)[C@@H](C)O[Si](C)(C)C(C)(C)C)c(C)c1Cl.[C-]#[N+]c1ccc(C[C@@H](c2nnc(-c3ccc(NC(C)=O)cc3)o2)[C@@H](C)O[Si](C)(C)C(C)(C)C)c(C)c1Cl. The molecule has 0 spiro atoms. The molecule has 19 heteroatoms. The van der Waals surface area contributed by atoms with E-state index in [2.05, 4.69) is 129 Å². The number of hydrogen-bond acceptors (Lipinski definition) is 11. The Labute approximate surface area is 460 Å². The molecule has 6 rings (SSSR count). The van der Waals surface area contributed by atoms with E-state index < -0.39 is 16.6 Å². The van der Waals surface area contributed by atoms with Gasteiger partial charge in [-0.3, -0.25) is 9.59 Å². The molecule has 3 N–H and O–H groups in total. The molecule has 0 aliphatic heterocycles. The minimum Gasteiger partial charge on any atom is -0.420 e. The second-order valence-electron chi connectivity index (χ2n) is 21.6. The van der Waals surface area contributed by atoms with Crippen molar-refractivity contribution in [3.05, 3.63) is 140 Å². The van der Waals surface area contributed by atoms with E-state index in [0.717, 1.165) is 33.4 Å². The zero-order valence-corrected chi connectivity index (χ0v) is 50.3. The molecular weight excluding hydrogens is 1040 g/mol. The second kappa shape index (κ2) is 25.9. The Kier molecular flexibility index (Phi) is 21.4. The first-order valence-electron chi connectivity index (χ1n) is 24.5. The molecule has 0 aliphatic rings. The van der Waals surface area contributed by atoms with Crippen molar-refractivity contribution in [2.45, 2.75) is 156 Å². The van der Waals surface area contributed by atoms with E-state index in [1.54, 1.807) is 24.3 Å². The standard InChI is InChI=1S/C28H35ClN4O3Si.C26H33ClN4O2Si.C2H3ClO/c1-17-21(12-15-24(30-7)25(17)29)16-23(18(2)36-37(8,9)28(4,5)6)27-33-32-26(35-27)20-10-13-22(14-11-20)31-19(3)34;1-16-19(11-14-22(29-6)23(16)27)15-21(17(2)33-34(7,8)26(3,4)5)25-31-30-24(32-25)18-9-12-20(28)13-10-18;1-2(3)4/h10-15,18,23H,16H2,1-6,8-9H3,(H,31,34);9-14,17,21H,15,28H2,1-5,7-8H3;1H3/t18-,23-;17-,21-;/m11./s1. The van der Waals surface area contributed by atoms with E-state index in [0.29, 0.717) is 69.2 Å². The van der Waals surface area contributed by atoms with Crippen LogP contribution >= 0.6 is 34.8 Å². The summed E-state index contributed by atoms with van der Waals surface area (Å²) in [6, 6.07) is 22.0. The average Bonchev–Trinajstić information content (AvgIpc) is 4.01. The van der Waals surface area contributed by atoms with Crippen LogP contribution in [-0.4, -0.2) is 60.4 Å². The third-order valence-electron chi connectivity index (χ3n) is 13.9. The number of nitrogens with two attached hydrogens (primary N) is 1. The number of halogens is 3. The maximum absolute atomic E-state index is 11.3. The topological polar surface area (TPSA) is 177 Å². The number of aromatic nitrogens is 4. The van der Waals surface area contributed by atoms with E-state index in [9.17, 15) is 9.59 Å². The monoisotopic (exact) mass is 1110 g/mol. The minimum atomic E-state index is -2.09. The highest BCUT2D eigenvalue weighted by molar-refractivity contribution is 6.74. The minimum absolute atomic E-state index is 0.0397. The molecule has 2 aromatic heterocycles. The van der Waals surface area contributed by atoms with Gasteiger partial charge in [-0.05, 0) is 159 Å². The fraction of sp³-hybridized carbons (Fsp3) is 0.429. The Morgan fingerprint density at radius 1 is 0.653 bits per heavy atom. The molecule has 6 aromatic rings.